The number of rotatable bonds is 6. The molecule has 1 unspecified atom stereocenters. The van der Waals surface area contributed by atoms with Gasteiger partial charge in [-0.15, -0.1) is 0 Å². The molecule has 1 aromatic rings. The van der Waals surface area contributed by atoms with E-state index < -0.39 is 16.1 Å². The van der Waals surface area contributed by atoms with E-state index in [2.05, 4.69) is 19.9 Å². The molecule has 8 heteroatoms. The Morgan fingerprint density at radius 2 is 2.40 bits per heavy atom. The molecule has 0 aromatic carbocycles. The van der Waals surface area contributed by atoms with Crippen molar-refractivity contribution in [3.05, 3.63) is 12.2 Å². The van der Waals surface area contributed by atoms with Crippen LogP contribution in [0.2, 0.25) is 0 Å². The Balaban J connectivity index is 2.54. The second kappa shape index (κ2) is 5.19. The molecule has 0 saturated carbocycles. The molecule has 0 saturated heterocycles. The van der Waals surface area contributed by atoms with Gasteiger partial charge in [0.2, 0.25) is 10.0 Å². The number of aliphatic hydroxyl groups excluding tert-OH is 1. The zero-order valence-electron chi connectivity index (χ0n) is 8.34. The lowest BCUT2D eigenvalue weighted by molar-refractivity contribution is 0.295. The normalized spacial score (nSPS) is 14.0. The lowest BCUT2D eigenvalue weighted by atomic mass is 10.3. The van der Waals surface area contributed by atoms with E-state index in [0.29, 0.717) is 5.82 Å². The Kier molecular flexibility index (Phi) is 4.18. The molecule has 3 N–H and O–H groups in total. The van der Waals surface area contributed by atoms with Gasteiger partial charge in [-0.25, -0.2) is 18.1 Å². The average molecular weight is 234 g/mol. The van der Waals surface area contributed by atoms with Crippen molar-refractivity contribution in [3.63, 3.8) is 0 Å². The molecule has 0 aliphatic heterocycles. The van der Waals surface area contributed by atoms with Crippen LogP contribution in [-0.4, -0.2) is 41.1 Å². The molecule has 0 radical (unpaired) electrons. The quantitative estimate of drug-likeness (QED) is 0.595. The van der Waals surface area contributed by atoms with E-state index in [1.54, 1.807) is 6.92 Å². The molecule has 86 valence electrons. The molecule has 0 aliphatic carbocycles. The van der Waals surface area contributed by atoms with Crippen molar-refractivity contribution in [1.29, 1.82) is 0 Å². The van der Waals surface area contributed by atoms with Gasteiger partial charge in [0.25, 0.3) is 0 Å². The fourth-order valence-corrected chi connectivity index (χ4v) is 2.34. The summed E-state index contributed by atoms with van der Waals surface area (Å²) in [5.41, 5.74) is 0. The van der Waals surface area contributed by atoms with Crippen molar-refractivity contribution in [3.8, 4) is 0 Å². The van der Waals surface area contributed by atoms with Gasteiger partial charge in [-0.2, -0.15) is 5.10 Å². The van der Waals surface area contributed by atoms with Crippen molar-refractivity contribution in [1.82, 2.24) is 19.9 Å². The van der Waals surface area contributed by atoms with Crippen LogP contribution in [0.25, 0.3) is 0 Å². The van der Waals surface area contributed by atoms with Crippen LogP contribution in [0.5, 0.6) is 0 Å². The molecule has 1 aromatic heterocycles. The zero-order valence-corrected chi connectivity index (χ0v) is 9.16. The third-order valence-corrected chi connectivity index (χ3v) is 3.31. The number of sulfonamides is 1. The number of hydrogen-bond acceptors (Lipinski definition) is 5. The first-order chi connectivity index (χ1) is 7.05. The molecule has 0 spiro atoms. The van der Waals surface area contributed by atoms with Crippen LogP contribution in [0.3, 0.4) is 0 Å². The van der Waals surface area contributed by atoms with Crippen molar-refractivity contribution in [2.24, 2.45) is 0 Å². The Hall–Kier alpha value is -0.990. The first kappa shape index (κ1) is 12.1. The monoisotopic (exact) mass is 234 g/mol. The Morgan fingerprint density at radius 1 is 1.67 bits per heavy atom. The summed E-state index contributed by atoms with van der Waals surface area (Å²) in [4.78, 5) is 3.84. The summed E-state index contributed by atoms with van der Waals surface area (Å²) in [7, 11) is -3.37. The maximum absolute atomic E-state index is 11.4. The molecule has 7 nitrogen and oxygen atoms in total. The highest BCUT2D eigenvalue weighted by Crippen LogP contribution is 2.06. The van der Waals surface area contributed by atoms with E-state index in [9.17, 15) is 8.42 Å². The molecular weight excluding hydrogens is 220 g/mol. The smallest absolute Gasteiger partial charge is 0.212 e. The fraction of sp³-hybridized carbons (Fsp3) is 0.714. The van der Waals surface area contributed by atoms with Gasteiger partial charge in [0.1, 0.15) is 12.2 Å². The summed E-state index contributed by atoms with van der Waals surface area (Å²) in [5.74, 6) is 0.365. The summed E-state index contributed by atoms with van der Waals surface area (Å²) in [6.45, 7) is 1.52. The molecule has 1 atom stereocenters. The minimum atomic E-state index is -3.37. The van der Waals surface area contributed by atoms with Crippen LogP contribution in [-0.2, 0) is 10.0 Å². The lowest BCUT2D eigenvalue weighted by Gasteiger charge is -2.10. The van der Waals surface area contributed by atoms with Gasteiger partial charge >= 0.3 is 0 Å². The van der Waals surface area contributed by atoms with Crippen LogP contribution in [0.1, 0.15) is 25.2 Å². The molecule has 1 heterocycles. The van der Waals surface area contributed by atoms with Gasteiger partial charge in [-0.1, -0.05) is 0 Å². The predicted molar refractivity (Wildman–Crippen MR) is 53.4 cm³/mol. The summed E-state index contributed by atoms with van der Waals surface area (Å²) in [6.07, 6.45) is 1.53. The van der Waals surface area contributed by atoms with E-state index in [4.69, 9.17) is 5.11 Å². The van der Waals surface area contributed by atoms with E-state index in [1.165, 1.54) is 6.33 Å². The molecular formula is C7H14N4O3S. The van der Waals surface area contributed by atoms with Crippen molar-refractivity contribution in [2.45, 2.75) is 19.4 Å². The maximum Gasteiger partial charge on any atom is 0.212 e. The lowest BCUT2D eigenvalue weighted by Crippen LogP contribution is -2.30. The highest BCUT2D eigenvalue weighted by molar-refractivity contribution is 7.89. The number of nitrogens with one attached hydrogen (secondary N) is 2. The molecule has 0 bridgehead atoms. The second-order valence-electron chi connectivity index (χ2n) is 3.11. The first-order valence-electron chi connectivity index (χ1n) is 4.51. The van der Waals surface area contributed by atoms with Gasteiger partial charge < -0.3 is 5.11 Å². The predicted octanol–water partition coefficient (Wildman–Crippen LogP) is -0.833. The second-order valence-corrected chi connectivity index (χ2v) is 4.98. The van der Waals surface area contributed by atoms with Crippen LogP contribution in [0.4, 0.5) is 0 Å². The van der Waals surface area contributed by atoms with Crippen molar-refractivity contribution in [2.75, 3.05) is 12.4 Å². The topological polar surface area (TPSA) is 108 Å². The van der Waals surface area contributed by atoms with E-state index in [-0.39, 0.29) is 18.8 Å². The molecule has 0 fully saturated rings. The third-order valence-electron chi connectivity index (χ3n) is 1.77. The fourth-order valence-electron chi connectivity index (χ4n) is 1.06. The standard InChI is InChI=1S/C7H14N4O3S/c1-6(7-8-5-9-10-7)11-15(13,14)4-2-3-12/h5-6,11-12H,2-4H2,1H3,(H,8,9,10). The van der Waals surface area contributed by atoms with E-state index in [0.717, 1.165) is 0 Å². The molecule has 1 rings (SSSR count). The van der Waals surface area contributed by atoms with Crippen LogP contribution in [0, 0.1) is 0 Å². The summed E-state index contributed by atoms with van der Waals surface area (Å²) in [5, 5.41) is 14.7. The SMILES string of the molecule is CC(NS(=O)(=O)CCCO)c1ncn[nH]1. The van der Waals surface area contributed by atoms with Crippen molar-refractivity contribution >= 4 is 10.0 Å². The van der Waals surface area contributed by atoms with Crippen LogP contribution in [0.15, 0.2) is 6.33 Å². The summed E-state index contributed by atoms with van der Waals surface area (Å²) in [6, 6.07) is -0.448. The largest absolute Gasteiger partial charge is 0.396 e. The van der Waals surface area contributed by atoms with Gasteiger partial charge in [0.05, 0.1) is 11.8 Å². The first-order valence-corrected chi connectivity index (χ1v) is 6.16. The number of aromatic amines is 1. The minimum Gasteiger partial charge on any atom is -0.396 e. The van der Waals surface area contributed by atoms with Crippen LogP contribution >= 0.6 is 0 Å². The number of aliphatic hydroxyl groups is 1. The molecule has 0 aliphatic rings. The van der Waals surface area contributed by atoms with Gasteiger partial charge in [0, 0.05) is 6.61 Å². The van der Waals surface area contributed by atoms with Crippen molar-refractivity contribution < 1.29 is 13.5 Å². The maximum atomic E-state index is 11.4. The highest BCUT2D eigenvalue weighted by atomic mass is 32.2. The Bertz CT molecular complexity index is 375. The zero-order chi connectivity index (χ0) is 11.3. The molecule has 15 heavy (non-hydrogen) atoms. The van der Waals surface area contributed by atoms with Crippen LogP contribution < -0.4 is 4.72 Å². The summed E-state index contributed by atoms with van der Waals surface area (Å²) >= 11 is 0. The third kappa shape index (κ3) is 3.94. The molecule has 0 amide bonds. The number of nitrogens with zero attached hydrogens (tertiary/aromatic N) is 2. The van der Waals surface area contributed by atoms with E-state index in [1.807, 2.05) is 0 Å². The number of H-pyrrole nitrogens is 1. The summed E-state index contributed by atoms with van der Waals surface area (Å²) < 4.78 is 25.2. The van der Waals surface area contributed by atoms with Gasteiger partial charge in [0.15, 0.2) is 0 Å². The Labute approximate surface area is 88.0 Å². The average Bonchev–Trinajstić information content (AvgIpc) is 2.67. The van der Waals surface area contributed by atoms with E-state index >= 15 is 0 Å². The highest BCUT2D eigenvalue weighted by Gasteiger charge is 2.16. The van der Waals surface area contributed by atoms with Gasteiger partial charge in [-0.05, 0) is 13.3 Å². The minimum absolute atomic E-state index is 0.0953. The van der Waals surface area contributed by atoms with Gasteiger partial charge in [-0.3, -0.25) is 5.10 Å². The number of aromatic nitrogens is 3. The number of hydrogen-bond donors (Lipinski definition) is 3. The Morgan fingerprint density at radius 3 is 2.93 bits per heavy atom.